The van der Waals surface area contributed by atoms with Gasteiger partial charge in [-0.2, -0.15) is 0 Å². The van der Waals surface area contributed by atoms with Crippen molar-refractivity contribution >= 4 is 68.3 Å². The molecule has 0 unspecified atom stereocenters. The number of rotatable bonds is 8. The number of thioether (sulfide) groups is 2. The third-order valence-electron chi connectivity index (χ3n) is 5.02. The molecule has 1 heterocycles. The molecule has 0 spiro atoms. The topological polar surface area (TPSA) is 75.7 Å². The van der Waals surface area contributed by atoms with E-state index in [1.807, 2.05) is 66.9 Å². The van der Waals surface area contributed by atoms with Crippen molar-refractivity contribution in [2.75, 3.05) is 18.1 Å². The van der Waals surface area contributed by atoms with E-state index in [-0.39, 0.29) is 11.4 Å². The third kappa shape index (κ3) is 6.56. The number of carbonyl (C=O) groups is 3. The fourth-order valence-corrected chi connectivity index (χ4v) is 4.99. The van der Waals surface area contributed by atoms with Gasteiger partial charge in [0.05, 0.1) is 4.91 Å². The van der Waals surface area contributed by atoms with Gasteiger partial charge in [-0.25, -0.2) is 0 Å². The number of carbonyl (C=O) groups excluding carboxylic acids is 3. The summed E-state index contributed by atoms with van der Waals surface area (Å²) in [6.45, 7) is 0.00402. The first-order valence-electron chi connectivity index (χ1n) is 10.6. The molecule has 3 aromatic carbocycles. The highest BCUT2D eigenvalue weighted by Crippen LogP contribution is 2.35. The molecular formula is C26H21BrN2O4S2. The number of imide groups is 1. The minimum Gasteiger partial charge on any atom is -0.488 e. The van der Waals surface area contributed by atoms with E-state index in [0.29, 0.717) is 23.6 Å². The summed E-state index contributed by atoms with van der Waals surface area (Å²) in [4.78, 5) is 40.2. The molecule has 6 nitrogen and oxygen atoms in total. The van der Waals surface area contributed by atoms with Crippen LogP contribution >= 0.6 is 39.5 Å². The average Bonchev–Trinajstić information content (AvgIpc) is 3.11. The van der Waals surface area contributed by atoms with Crippen molar-refractivity contribution in [1.29, 1.82) is 0 Å². The first-order chi connectivity index (χ1) is 16.9. The Balaban J connectivity index is 1.47. The minimum atomic E-state index is -0.512. The van der Waals surface area contributed by atoms with E-state index in [4.69, 9.17) is 4.74 Å². The first kappa shape index (κ1) is 25.1. The summed E-state index contributed by atoms with van der Waals surface area (Å²) in [5.41, 5.74) is 2.27. The molecule has 0 saturated carbocycles. The Bertz CT molecular complexity index is 1300. The van der Waals surface area contributed by atoms with Gasteiger partial charge in [-0.3, -0.25) is 19.3 Å². The second kappa shape index (κ2) is 11.6. The van der Waals surface area contributed by atoms with Crippen molar-refractivity contribution in [3.05, 3.63) is 93.3 Å². The van der Waals surface area contributed by atoms with E-state index in [0.717, 1.165) is 31.6 Å². The molecule has 3 aromatic rings. The molecule has 4 rings (SSSR count). The van der Waals surface area contributed by atoms with E-state index in [9.17, 15) is 14.4 Å². The van der Waals surface area contributed by atoms with Crippen LogP contribution in [0.3, 0.4) is 0 Å². The Morgan fingerprint density at radius 1 is 1.09 bits per heavy atom. The zero-order valence-electron chi connectivity index (χ0n) is 18.7. The molecule has 35 heavy (non-hydrogen) atoms. The Labute approximate surface area is 220 Å². The fraction of sp³-hybridized carbons (Fsp3) is 0.115. The Morgan fingerprint density at radius 3 is 2.66 bits per heavy atom. The lowest BCUT2D eigenvalue weighted by atomic mass is 10.1. The second-order valence-electron chi connectivity index (χ2n) is 7.50. The van der Waals surface area contributed by atoms with Crippen LogP contribution in [-0.2, 0) is 16.2 Å². The highest BCUT2D eigenvalue weighted by molar-refractivity contribution is 9.10. The third-order valence-corrected chi connectivity index (χ3v) is 7.15. The van der Waals surface area contributed by atoms with Gasteiger partial charge in [-0.1, -0.05) is 52.3 Å². The van der Waals surface area contributed by atoms with Crippen LogP contribution in [0.2, 0.25) is 0 Å². The molecular weight excluding hydrogens is 548 g/mol. The van der Waals surface area contributed by atoms with Gasteiger partial charge >= 0.3 is 0 Å². The molecule has 1 N–H and O–H groups in total. The lowest BCUT2D eigenvalue weighted by Crippen LogP contribution is -2.36. The van der Waals surface area contributed by atoms with Crippen LogP contribution in [0.5, 0.6) is 5.75 Å². The minimum absolute atomic E-state index is 0.231. The SMILES string of the molecule is CSc1cccc(NC(=O)CN2C(=O)S/C(=C\c3cc(Br)ccc3OCc3ccccc3)C2=O)c1. The number of benzene rings is 3. The maximum atomic E-state index is 13.0. The van der Waals surface area contributed by atoms with Crippen LogP contribution in [0, 0.1) is 0 Å². The van der Waals surface area contributed by atoms with Gasteiger partial charge in [-0.05, 0) is 66.1 Å². The van der Waals surface area contributed by atoms with Crippen LogP contribution < -0.4 is 10.1 Å². The summed E-state index contributed by atoms with van der Waals surface area (Å²) in [6.07, 6.45) is 3.56. The zero-order chi connectivity index (χ0) is 24.8. The number of nitrogens with zero attached hydrogens (tertiary/aromatic N) is 1. The molecule has 0 bridgehead atoms. The molecule has 0 radical (unpaired) electrons. The molecule has 1 aliphatic heterocycles. The second-order valence-corrected chi connectivity index (χ2v) is 10.3. The van der Waals surface area contributed by atoms with Crippen LogP contribution in [0.1, 0.15) is 11.1 Å². The van der Waals surface area contributed by atoms with E-state index >= 15 is 0 Å². The molecule has 1 fully saturated rings. The van der Waals surface area contributed by atoms with E-state index < -0.39 is 17.1 Å². The maximum Gasteiger partial charge on any atom is 0.294 e. The van der Waals surface area contributed by atoms with Crippen LogP contribution in [0.25, 0.3) is 6.08 Å². The first-order valence-corrected chi connectivity index (χ1v) is 13.4. The normalized spacial score (nSPS) is 14.5. The quantitative estimate of drug-likeness (QED) is 0.249. The van der Waals surface area contributed by atoms with E-state index in [1.54, 1.807) is 30.0 Å². The fourth-order valence-electron chi connectivity index (χ4n) is 3.32. The highest BCUT2D eigenvalue weighted by Gasteiger charge is 2.36. The summed E-state index contributed by atoms with van der Waals surface area (Å²) in [5, 5.41) is 2.25. The Morgan fingerprint density at radius 2 is 1.89 bits per heavy atom. The zero-order valence-corrected chi connectivity index (χ0v) is 21.9. The summed E-state index contributed by atoms with van der Waals surface area (Å²) >= 11 is 5.81. The number of amides is 3. The molecule has 9 heteroatoms. The molecule has 178 valence electrons. The monoisotopic (exact) mass is 568 g/mol. The number of hydrogen-bond acceptors (Lipinski definition) is 6. The summed E-state index contributed by atoms with van der Waals surface area (Å²) in [5.74, 6) is -0.376. The summed E-state index contributed by atoms with van der Waals surface area (Å²) in [7, 11) is 0. The van der Waals surface area contributed by atoms with Crippen molar-refractivity contribution in [2.24, 2.45) is 0 Å². The molecule has 0 atom stereocenters. The number of nitrogens with one attached hydrogen (secondary N) is 1. The molecule has 1 saturated heterocycles. The van der Waals surface area contributed by atoms with Gasteiger partial charge in [-0.15, -0.1) is 11.8 Å². The predicted octanol–water partition coefficient (Wildman–Crippen LogP) is 6.43. The largest absolute Gasteiger partial charge is 0.488 e. The lowest BCUT2D eigenvalue weighted by Gasteiger charge is -2.13. The summed E-state index contributed by atoms with van der Waals surface area (Å²) < 4.78 is 6.78. The standard InChI is InChI=1S/C26H21BrN2O4S2/c1-34-21-9-5-8-20(14-21)28-24(30)15-29-25(31)23(35-26(29)32)13-18-12-19(27)10-11-22(18)33-16-17-6-3-2-4-7-17/h2-14H,15-16H2,1H3,(H,28,30)/b23-13-. The van der Waals surface area contributed by atoms with Crippen LogP contribution in [-0.4, -0.2) is 34.8 Å². The van der Waals surface area contributed by atoms with Crippen molar-refractivity contribution in [1.82, 2.24) is 4.90 Å². The van der Waals surface area contributed by atoms with Crippen molar-refractivity contribution in [2.45, 2.75) is 11.5 Å². The molecule has 0 aliphatic carbocycles. The predicted molar refractivity (Wildman–Crippen MR) is 144 cm³/mol. The molecule has 0 aromatic heterocycles. The van der Waals surface area contributed by atoms with Crippen LogP contribution in [0.4, 0.5) is 10.5 Å². The lowest BCUT2D eigenvalue weighted by molar-refractivity contribution is -0.127. The highest BCUT2D eigenvalue weighted by atomic mass is 79.9. The molecule has 3 amide bonds. The smallest absolute Gasteiger partial charge is 0.294 e. The van der Waals surface area contributed by atoms with Gasteiger partial charge in [0.2, 0.25) is 5.91 Å². The van der Waals surface area contributed by atoms with Crippen LogP contribution in [0.15, 0.2) is 87.1 Å². The number of hydrogen-bond donors (Lipinski definition) is 1. The van der Waals surface area contributed by atoms with Gasteiger partial charge in [0, 0.05) is 20.6 Å². The van der Waals surface area contributed by atoms with E-state index in [1.165, 1.54) is 0 Å². The number of halogens is 1. The van der Waals surface area contributed by atoms with Crippen molar-refractivity contribution in [3.8, 4) is 5.75 Å². The maximum absolute atomic E-state index is 13.0. The van der Waals surface area contributed by atoms with Gasteiger partial charge in [0.1, 0.15) is 18.9 Å². The Hall–Kier alpha value is -3.01. The summed E-state index contributed by atoms with van der Waals surface area (Å²) in [6, 6.07) is 22.6. The average molecular weight is 570 g/mol. The molecule has 1 aliphatic rings. The van der Waals surface area contributed by atoms with Crippen molar-refractivity contribution in [3.63, 3.8) is 0 Å². The van der Waals surface area contributed by atoms with E-state index in [2.05, 4.69) is 21.2 Å². The van der Waals surface area contributed by atoms with Gasteiger partial charge in [0.25, 0.3) is 11.1 Å². The van der Waals surface area contributed by atoms with Gasteiger partial charge in [0.15, 0.2) is 0 Å². The van der Waals surface area contributed by atoms with Crippen molar-refractivity contribution < 1.29 is 19.1 Å². The number of anilines is 1. The Kier molecular flexibility index (Phi) is 8.33. The number of ether oxygens (including phenoxy) is 1. The van der Waals surface area contributed by atoms with Gasteiger partial charge < -0.3 is 10.1 Å².